The van der Waals surface area contributed by atoms with Gasteiger partial charge in [0.1, 0.15) is 0 Å². The molecule has 1 aromatic rings. The number of nitrogens with zero attached hydrogens (tertiary/aromatic N) is 1. The summed E-state index contributed by atoms with van der Waals surface area (Å²) >= 11 is 5.43. The van der Waals surface area contributed by atoms with Gasteiger partial charge >= 0.3 is 0 Å². The van der Waals surface area contributed by atoms with Gasteiger partial charge in [0, 0.05) is 11.3 Å². The Kier molecular flexibility index (Phi) is 3.10. The minimum absolute atomic E-state index is 0.102. The first-order chi connectivity index (χ1) is 6.60. The van der Waals surface area contributed by atoms with E-state index in [4.69, 9.17) is 22.6 Å². The van der Waals surface area contributed by atoms with E-state index in [1.807, 2.05) is 6.07 Å². The molecule has 0 spiro atoms. The van der Waals surface area contributed by atoms with E-state index in [-0.39, 0.29) is 11.7 Å². The van der Waals surface area contributed by atoms with Gasteiger partial charge in [-0.05, 0) is 24.6 Å². The molecule has 0 unspecified atom stereocenters. The van der Waals surface area contributed by atoms with E-state index in [0.29, 0.717) is 22.4 Å². The number of ketones is 1. The molecule has 2 N–H and O–H groups in total. The number of nitriles is 1. The summed E-state index contributed by atoms with van der Waals surface area (Å²) < 4.78 is 0. The number of Topliss-reactive ketones (excluding diaryl/α,β-unsaturated/α-hetero) is 1. The van der Waals surface area contributed by atoms with Crippen molar-refractivity contribution in [1.29, 1.82) is 5.26 Å². The first kappa shape index (κ1) is 10.6. The molecule has 1 aromatic carbocycles. The molecule has 0 amide bonds. The molecule has 1 rings (SSSR count). The highest BCUT2D eigenvalue weighted by atomic mass is 35.5. The summed E-state index contributed by atoms with van der Waals surface area (Å²) in [6.07, 6.45) is 0. The Morgan fingerprint density at radius 1 is 1.64 bits per heavy atom. The van der Waals surface area contributed by atoms with Crippen molar-refractivity contribution < 1.29 is 4.79 Å². The molecule has 14 heavy (non-hydrogen) atoms. The normalized spacial score (nSPS) is 9.50. The van der Waals surface area contributed by atoms with E-state index in [1.54, 1.807) is 19.1 Å². The Morgan fingerprint density at radius 2 is 2.29 bits per heavy atom. The number of alkyl halides is 1. The number of hydrogen-bond acceptors (Lipinski definition) is 3. The fourth-order valence-corrected chi connectivity index (χ4v) is 1.36. The predicted octanol–water partition coefficient (Wildman–Crippen LogP) is 1.87. The molecular formula is C10H9ClN2O. The molecule has 0 heterocycles. The second kappa shape index (κ2) is 4.12. The molecule has 0 aromatic heterocycles. The zero-order chi connectivity index (χ0) is 10.7. The average Bonchev–Trinajstić information content (AvgIpc) is 2.19. The zero-order valence-electron chi connectivity index (χ0n) is 7.67. The Bertz CT molecular complexity index is 421. The van der Waals surface area contributed by atoms with Gasteiger partial charge in [-0.3, -0.25) is 4.79 Å². The number of nitrogens with two attached hydrogens (primary N) is 1. The van der Waals surface area contributed by atoms with Crippen LogP contribution in [0, 0.1) is 18.3 Å². The van der Waals surface area contributed by atoms with Crippen molar-refractivity contribution >= 4 is 23.1 Å². The van der Waals surface area contributed by atoms with Crippen LogP contribution in [0.4, 0.5) is 5.69 Å². The molecule has 72 valence electrons. The summed E-state index contributed by atoms with van der Waals surface area (Å²) in [5.41, 5.74) is 7.43. The molecule has 0 aliphatic carbocycles. The minimum Gasteiger partial charge on any atom is -0.399 e. The van der Waals surface area contributed by atoms with E-state index < -0.39 is 0 Å². The molecule has 0 aliphatic rings. The third-order valence-corrected chi connectivity index (χ3v) is 2.21. The van der Waals surface area contributed by atoms with Crippen molar-refractivity contribution in [1.82, 2.24) is 0 Å². The van der Waals surface area contributed by atoms with Gasteiger partial charge in [-0.1, -0.05) is 0 Å². The number of nitrogen functional groups attached to an aromatic ring is 1. The maximum absolute atomic E-state index is 11.4. The predicted molar refractivity (Wildman–Crippen MR) is 55.4 cm³/mol. The summed E-state index contributed by atoms with van der Waals surface area (Å²) in [6.45, 7) is 1.71. The van der Waals surface area contributed by atoms with Crippen LogP contribution in [0.1, 0.15) is 21.5 Å². The Hall–Kier alpha value is -1.53. The molecule has 0 atom stereocenters. The smallest absolute Gasteiger partial charge is 0.177 e. The fourth-order valence-electron chi connectivity index (χ4n) is 1.21. The number of hydrogen-bond donors (Lipinski definition) is 1. The molecule has 3 nitrogen and oxygen atoms in total. The lowest BCUT2D eigenvalue weighted by molar-refractivity contribution is 0.102. The molecule has 0 aliphatic heterocycles. The van der Waals surface area contributed by atoms with Gasteiger partial charge in [0.05, 0.1) is 17.5 Å². The molecule has 0 radical (unpaired) electrons. The van der Waals surface area contributed by atoms with Crippen LogP contribution in [-0.4, -0.2) is 11.7 Å². The quantitative estimate of drug-likeness (QED) is 0.458. The first-order valence-electron chi connectivity index (χ1n) is 3.99. The van der Waals surface area contributed by atoms with Crippen LogP contribution < -0.4 is 5.73 Å². The topological polar surface area (TPSA) is 66.9 Å². The van der Waals surface area contributed by atoms with Gasteiger partial charge < -0.3 is 5.73 Å². The molecule has 0 fully saturated rings. The van der Waals surface area contributed by atoms with Crippen LogP contribution in [0.3, 0.4) is 0 Å². The number of rotatable bonds is 2. The van der Waals surface area contributed by atoms with Crippen molar-refractivity contribution in [3.63, 3.8) is 0 Å². The molecule has 4 heteroatoms. The third-order valence-electron chi connectivity index (χ3n) is 1.97. The highest BCUT2D eigenvalue weighted by Crippen LogP contribution is 2.18. The number of benzene rings is 1. The number of halogens is 1. The van der Waals surface area contributed by atoms with Crippen LogP contribution in [0.25, 0.3) is 0 Å². The van der Waals surface area contributed by atoms with Crippen LogP contribution >= 0.6 is 11.6 Å². The summed E-state index contributed by atoms with van der Waals surface area (Å²) in [7, 11) is 0. The Labute approximate surface area is 87.1 Å². The van der Waals surface area contributed by atoms with Crippen molar-refractivity contribution in [3.8, 4) is 6.07 Å². The van der Waals surface area contributed by atoms with Crippen LogP contribution in [0.5, 0.6) is 0 Å². The van der Waals surface area contributed by atoms with Crippen molar-refractivity contribution in [2.75, 3.05) is 11.6 Å². The van der Waals surface area contributed by atoms with Gasteiger partial charge in [-0.25, -0.2) is 0 Å². The fraction of sp³-hybridized carbons (Fsp3) is 0.200. The second-order valence-electron chi connectivity index (χ2n) is 2.91. The summed E-state index contributed by atoms with van der Waals surface area (Å²) in [5, 5.41) is 8.77. The lowest BCUT2D eigenvalue weighted by Crippen LogP contribution is -2.05. The number of carbonyl (C=O) groups excluding carboxylic acids is 1. The third kappa shape index (κ3) is 1.86. The Morgan fingerprint density at radius 3 is 2.79 bits per heavy atom. The molecule has 0 saturated carbocycles. The van der Waals surface area contributed by atoms with Gasteiger partial charge in [0.15, 0.2) is 5.78 Å². The second-order valence-corrected chi connectivity index (χ2v) is 3.18. The maximum atomic E-state index is 11.4. The molecule has 0 saturated heterocycles. The van der Waals surface area contributed by atoms with E-state index in [0.717, 1.165) is 0 Å². The summed E-state index contributed by atoms with van der Waals surface area (Å²) in [4.78, 5) is 11.4. The minimum atomic E-state index is -0.215. The van der Waals surface area contributed by atoms with Gasteiger partial charge in [-0.2, -0.15) is 5.26 Å². The lowest BCUT2D eigenvalue weighted by atomic mass is 9.99. The Balaban J connectivity index is 3.38. The van der Waals surface area contributed by atoms with Crippen LogP contribution in [0.15, 0.2) is 12.1 Å². The van der Waals surface area contributed by atoms with Gasteiger partial charge in [0.25, 0.3) is 0 Å². The van der Waals surface area contributed by atoms with E-state index >= 15 is 0 Å². The van der Waals surface area contributed by atoms with Crippen molar-refractivity contribution in [2.24, 2.45) is 0 Å². The lowest BCUT2D eigenvalue weighted by Gasteiger charge is -2.06. The first-order valence-corrected chi connectivity index (χ1v) is 4.53. The number of anilines is 1. The van der Waals surface area contributed by atoms with E-state index in [9.17, 15) is 4.79 Å². The summed E-state index contributed by atoms with van der Waals surface area (Å²) in [6, 6.07) is 5.06. The number of carbonyl (C=O) groups is 1. The van der Waals surface area contributed by atoms with Gasteiger partial charge in [0.2, 0.25) is 0 Å². The summed E-state index contributed by atoms with van der Waals surface area (Å²) in [5.74, 6) is -0.317. The molecule has 0 bridgehead atoms. The SMILES string of the molecule is Cc1c(C#N)cc(N)cc1C(=O)CCl. The van der Waals surface area contributed by atoms with Crippen LogP contribution in [0.2, 0.25) is 0 Å². The van der Waals surface area contributed by atoms with E-state index in [1.165, 1.54) is 0 Å². The van der Waals surface area contributed by atoms with Crippen LogP contribution in [-0.2, 0) is 0 Å². The standard InChI is InChI=1S/C10H9ClN2O/c1-6-7(5-12)2-8(13)3-9(6)10(14)4-11/h2-3H,4,13H2,1H3. The van der Waals surface area contributed by atoms with Gasteiger partial charge in [-0.15, -0.1) is 11.6 Å². The maximum Gasteiger partial charge on any atom is 0.177 e. The average molecular weight is 209 g/mol. The van der Waals surface area contributed by atoms with Crippen molar-refractivity contribution in [2.45, 2.75) is 6.92 Å². The highest BCUT2D eigenvalue weighted by molar-refractivity contribution is 6.30. The zero-order valence-corrected chi connectivity index (χ0v) is 8.43. The largest absolute Gasteiger partial charge is 0.399 e. The molecular weight excluding hydrogens is 200 g/mol. The van der Waals surface area contributed by atoms with Crippen molar-refractivity contribution in [3.05, 3.63) is 28.8 Å². The van der Waals surface area contributed by atoms with E-state index in [2.05, 4.69) is 0 Å². The monoisotopic (exact) mass is 208 g/mol. The highest BCUT2D eigenvalue weighted by Gasteiger charge is 2.11.